The van der Waals surface area contributed by atoms with Crippen LogP contribution in [0, 0.1) is 5.92 Å². The Hall–Kier alpha value is -2.04. The first-order valence-electron chi connectivity index (χ1n) is 8.43. The normalized spacial score (nSPS) is 15.8. The van der Waals surface area contributed by atoms with Gasteiger partial charge in [-0.3, -0.25) is 4.79 Å². The second kappa shape index (κ2) is 8.56. The highest BCUT2D eigenvalue weighted by Gasteiger charge is 2.25. The van der Waals surface area contributed by atoms with Crippen LogP contribution in [0.2, 0.25) is 0 Å². The van der Waals surface area contributed by atoms with Crippen LogP contribution in [0.5, 0.6) is 0 Å². The quantitative estimate of drug-likeness (QED) is 0.812. The molecule has 0 saturated carbocycles. The molecule has 5 heteroatoms. The number of likely N-dealkylation sites (tertiary alicyclic amines) is 1. The van der Waals surface area contributed by atoms with E-state index in [-0.39, 0.29) is 18.0 Å². The van der Waals surface area contributed by atoms with Crippen molar-refractivity contribution in [3.8, 4) is 0 Å². The van der Waals surface area contributed by atoms with E-state index in [2.05, 4.69) is 24.5 Å². The molecule has 2 rings (SSSR count). The summed E-state index contributed by atoms with van der Waals surface area (Å²) in [6.07, 6.45) is 2.47. The molecular formula is C18H27N3O2. The fraction of sp³-hybridized carbons (Fsp3) is 0.556. The molecule has 0 aliphatic carbocycles. The van der Waals surface area contributed by atoms with Crippen molar-refractivity contribution in [2.45, 2.75) is 39.2 Å². The van der Waals surface area contributed by atoms with Crippen molar-refractivity contribution in [2.75, 3.05) is 19.6 Å². The lowest BCUT2D eigenvalue weighted by molar-refractivity contribution is -0.128. The molecule has 1 aromatic carbocycles. The summed E-state index contributed by atoms with van der Waals surface area (Å²) in [7, 11) is 0. The summed E-state index contributed by atoms with van der Waals surface area (Å²) in [4.78, 5) is 25.8. The van der Waals surface area contributed by atoms with Gasteiger partial charge in [-0.05, 0) is 24.3 Å². The van der Waals surface area contributed by atoms with Gasteiger partial charge >= 0.3 is 6.03 Å². The van der Waals surface area contributed by atoms with Gasteiger partial charge in [0.2, 0.25) is 5.91 Å². The van der Waals surface area contributed by atoms with Crippen molar-refractivity contribution in [3.05, 3.63) is 35.9 Å². The molecule has 0 bridgehead atoms. The van der Waals surface area contributed by atoms with Crippen LogP contribution in [-0.2, 0) is 4.79 Å². The standard InChI is InChI=1S/C18H27N3O2/c1-14(2)10-11-19-18(23)20-16(15-7-4-3-5-8-15)13-21-12-6-9-17(21)22/h3-5,7-8,14,16H,6,9-13H2,1-2H3,(H2,19,20,23). The van der Waals surface area contributed by atoms with E-state index < -0.39 is 0 Å². The predicted molar refractivity (Wildman–Crippen MR) is 91.0 cm³/mol. The van der Waals surface area contributed by atoms with E-state index in [0.29, 0.717) is 25.4 Å². The fourth-order valence-corrected chi connectivity index (χ4v) is 2.72. The summed E-state index contributed by atoms with van der Waals surface area (Å²) >= 11 is 0. The van der Waals surface area contributed by atoms with E-state index >= 15 is 0 Å². The third-order valence-corrected chi connectivity index (χ3v) is 4.09. The van der Waals surface area contributed by atoms with E-state index in [4.69, 9.17) is 0 Å². The molecule has 1 aliphatic heterocycles. The number of amides is 3. The van der Waals surface area contributed by atoms with Crippen LogP contribution >= 0.6 is 0 Å². The van der Waals surface area contributed by atoms with E-state index in [1.54, 1.807) is 0 Å². The van der Waals surface area contributed by atoms with Gasteiger partial charge in [0.05, 0.1) is 6.04 Å². The Balaban J connectivity index is 1.96. The molecule has 1 fully saturated rings. The summed E-state index contributed by atoms with van der Waals surface area (Å²) in [6, 6.07) is 9.46. The van der Waals surface area contributed by atoms with Crippen LogP contribution in [0.3, 0.4) is 0 Å². The smallest absolute Gasteiger partial charge is 0.315 e. The van der Waals surface area contributed by atoms with E-state index in [9.17, 15) is 9.59 Å². The number of hydrogen-bond acceptors (Lipinski definition) is 2. The second-order valence-corrected chi connectivity index (χ2v) is 6.49. The first kappa shape index (κ1) is 17.3. The molecular weight excluding hydrogens is 290 g/mol. The highest BCUT2D eigenvalue weighted by molar-refractivity contribution is 5.78. The van der Waals surface area contributed by atoms with Gasteiger partial charge in [0, 0.05) is 26.1 Å². The molecule has 1 aromatic rings. The summed E-state index contributed by atoms with van der Waals surface area (Å²) in [5.41, 5.74) is 1.02. The average molecular weight is 317 g/mol. The number of carbonyl (C=O) groups is 2. The van der Waals surface area contributed by atoms with Crippen molar-refractivity contribution >= 4 is 11.9 Å². The van der Waals surface area contributed by atoms with Crippen LogP contribution in [0.25, 0.3) is 0 Å². The third-order valence-electron chi connectivity index (χ3n) is 4.09. The summed E-state index contributed by atoms with van der Waals surface area (Å²) < 4.78 is 0. The topological polar surface area (TPSA) is 61.4 Å². The summed E-state index contributed by atoms with van der Waals surface area (Å²) in [5.74, 6) is 0.732. The molecule has 23 heavy (non-hydrogen) atoms. The number of hydrogen-bond donors (Lipinski definition) is 2. The molecule has 1 heterocycles. The Bertz CT molecular complexity index is 516. The SMILES string of the molecule is CC(C)CCNC(=O)NC(CN1CCCC1=O)c1ccccc1. The minimum Gasteiger partial charge on any atom is -0.340 e. The van der Waals surface area contributed by atoms with Gasteiger partial charge in [0.25, 0.3) is 0 Å². The predicted octanol–water partition coefficient (Wildman–Crippen LogP) is 2.70. The maximum atomic E-state index is 12.1. The largest absolute Gasteiger partial charge is 0.340 e. The molecule has 0 radical (unpaired) electrons. The maximum Gasteiger partial charge on any atom is 0.315 e. The molecule has 1 aliphatic rings. The molecule has 1 saturated heterocycles. The Kier molecular flexibility index (Phi) is 6.44. The lowest BCUT2D eigenvalue weighted by Gasteiger charge is -2.25. The average Bonchev–Trinajstić information content (AvgIpc) is 2.92. The van der Waals surface area contributed by atoms with E-state index in [1.807, 2.05) is 35.2 Å². The van der Waals surface area contributed by atoms with Crippen molar-refractivity contribution in [1.29, 1.82) is 0 Å². The molecule has 3 amide bonds. The number of urea groups is 1. The molecule has 0 spiro atoms. The van der Waals surface area contributed by atoms with Crippen molar-refractivity contribution in [1.82, 2.24) is 15.5 Å². The zero-order chi connectivity index (χ0) is 16.7. The van der Waals surface area contributed by atoms with Gasteiger partial charge < -0.3 is 15.5 Å². The first-order chi connectivity index (χ1) is 11.1. The number of rotatable bonds is 7. The van der Waals surface area contributed by atoms with Gasteiger partial charge in [-0.1, -0.05) is 44.2 Å². The minimum absolute atomic E-state index is 0.174. The number of nitrogens with zero attached hydrogens (tertiary/aromatic N) is 1. The van der Waals surface area contributed by atoms with Crippen LogP contribution in [0.15, 0.2) is 30.3 Å². The highest BCUT2D eigenvalue weighted by Crippen LogP contribution is 2.18. The molecule has 2 N–H and O–H groups in total. The Morgan fingerprint density at radius 3 is 2.61 bits per heavy atom. The molecule has 1 unspecified atom stereocenters. The van der Waals surface area contributed by atoms with Gasteiger partial charge in [-0.25, -0.2) is 4.79 Å². The fourth-order valence-electron chi connectivity index (χ4n) is 2.72. The number of carbonyl (C=O) groups excluding carboxylic acids is 2. The van der Waals surface area contributed by atoms with Gasteiger partial charge in [0.15, 0.2) is 0 Å². The van der Waals surface area contributed by atoms with Crippen molar-refractivity contribution in [3.63, 3.8) is 0 Å². The van der Waals surface area contributed by atoms with Crippen LogP contribution in [0.1, 0.15) is 44.7 Å². The zero-order valence-corrected chi connectivity index (χ0v) is 14.0. The van der Waals surface area contributed by atoms with Crippen molar-refractivity contribution in [2.24, 2.45) is 5.92 Å². The Morgan fingerprint density at radius 2 is 2.00 bits per heavy atom. The third kappa shape index (κ3) is 5.58. The van der Waals surface area contributed by atoms with Crippen LogP contribution in [-0.4, -0.2) is 36.5 Å². The molecule has 0 aromatic heterocycles. The first-order valence-corrected chi connectivity index (χ1v) is 8.43. The number of benzene rings is 1. The Labute approximate surface area is 138 Å². The van der Waals surface area contributed by atoms with Gasteiger partial charge in [-0.15, -0.1) is 0 Å². The van der Waals surface area contributed by atoms with E-state index in [0.717, 1.165) is 24.9 Å². The van der Waals surface area contributed by atoms with Crippen LogP contribution in [0.4, 0.5) is 4.79 Å². The highest BCUT2D eigenvalue weighted by atomic mass is 16.2. The lowest BCUT2D eigenvalue weighted by atomic mass is 10.1. The maximum absolute atomic E-state index is 12.1. The van der Waals surface area contributed by atoms with Gasteiger partial charge in [-0.2, -0.15) is 0 Å². The zero-order valence-electron chi connectivity index (χ0n) is 14.0. The molecule has 1 atom stereocenters. The summed E-state index contributed by atoms with van der Waals surface area (Å²) in [6.45, 7) is 6.23. The monoisotopic (exact) mass is 317 g/mol. The van der Waals surface area contributed by atoms with Gasteiger partial charge in [0.1, 0.15) is 0 Å². The van der Waals surface area contributed by atoms with E-state index in [1.165, 1.54) is 0 Å². The molecule has 5 nitrogen and oxygen atoms in total. The summed E-state index contributed by atoms with van der Waals surface area (Å²) in [5, 5.41) is 5.91. The second-order valence-electron chi connectivity index (χ2n) is 6.49. The lowest BCUT2D eigenvalue weighted by Crippen LogP contribution is -2.43. The minimum atomic E-state index is -0.183. The van der Waals surface area contributed by atoms with Crippen LogP contribution < -0.4 is 10.6 Å². The molecule has 126 valence electrons. The number of nitrogens with one attached hydrogen (secondary N) is 2. The Morgan fingerprint density at radius 1 is 1.26 bits per heavy atom. The van der Waals surface area contributed by atoms with Crippen molar-refractivity contribution < 1.29 is 9.59 Å².